The van der Waals surface area contributed by atoms with Crippen molar-refractivity contribution in [2.45, 2.75) is 50.7 Å². The van der Waals surface area contributed by atoms with Gasteiger partial charge in [0, 0.05) is 12.2 Å². The molecule has 0 saturated heterocycles. The van der Waals surface area contributed by atoms with E-state index in [-0.39, 0.29) is 12.1 Å². The molecule has 100 valence electrons. The number of carbonyl (C=O) groups is 1. The quantitative estimate of drug-likeness (QED) is 0.804. The summed E-state index contributed by atoms with van der Waals surface area (Å²) in [5.41, 5.74) is -0.795. The molecule has 0 aliphatic heterocycles. The van der Waals surface area contributed by atoms with Crippen LogP contribution in [0.1, 0.15) is 39.2 Å². The van der Waals surface area contributed by atoms with Gasteiger partial charge in [-0.3, -0.25) is 14.8 Å². The molecule has 5 nitrogen and oxygen atoms in total. The summed E-state index contributed by atoms with van der Waals surface area (Å²) in [4.78, 5) is 11.5. The van der Waals surface area contributed by atoms with Gasteiger partial charge in [-0.05, 0) is 55.7 Å². The van der Waals surface area contributed by atoms with E-state index in [4.69, 9.17) is 0 Å². The van der Waals surface area contributed by atoms with Gasteiger partial charge in [-0.25, -0.2) is 0 Å². The van der Waals surface area contributed by atoms with Crippen molar-refractivity contribution in [1.29, 1.82) is 0 Å². The van der Waals surface area contributed by atoms with E-state index in [1.165, 1.54) is 0 Å². The van der Waals surface area contributed by atoms with Gasteiger partial charge >= 0.3 is 5.97 Å². The largest absolute Gasteiger partial charge is 0.480 e. The average molecular weight is 363 g/mol. The molecular weight excluding hydrogens is 345 g/mol. The van der Waals surface area contributed by atoms with Crippen molar-refractivity contribution in [1.82, 2.24) is 15.1 Å². The zero-order valence-electron chi connectivity index (χ0n) is 10.6. The second-order valence-electron chi connectivity index (χ2n) is 5.22. The minimum absolute atomic E-state index is 0.164. The third kappa shape index (κ3) is 2.69. The Morgan fingerprint density at radius 1 is 1.72 bits per heavy atom. The zero-order chi connectivity index (χ0) is 13.3. The number of hydrogen-bond donors (Lipinski definition) is 2. The number of aliphatic carboxylic acids is 1. The first-order chi connectivity index (χ1) is 8.43. The molecule has 1 heterocycles. The van der Waals surface area contributed by atoms with Crippen LogP contribution in [0.5, 0.6) is 0 Å². The molecular formula is C12H18IN3O2. The highest BCUT2D eigenvalue weighted by Crippen LogP contribution is 2.38. The first-order valence-corrected chi connectivity index (χ1v) is 7.21. The molecule has 18 heavy (non-hydrogen) atoms. The summed E-state index contributed by atoms with van der Waals surface area (Å²) in [6.07, 6.45) is 5.87. The molecule has 0 radical (unpaired) electrons. The third-order valence-corrected chi connectivity index (χ3v) is 3.96. The van der Waals surface area contributed by atoms with Crippen molar-refractivity contribution >= 4 is 28.6 Å². The van der Waals surface area contributed by atoms with Gasteiger partial charge in [0.25, 0.3) is 0 Å². The van der Waals surface area contributed by atoms with Crippen LogP contribution in [0.2, 0.25) is 0 Å². The predicted octanol–water partition coefficient (Wildman–Crippen LogP) is 2.03. The van der Waals surface area contributed by atoms with E-state index in [0.29, 0.717) is 12.8 Å². The Kier molecular flexibility index (Phi) is 3.96. The van der Waals surface area contributed by atoms with Crippen LogP contribution in [0.15, 0.2) is 12.4 Å². The highest BCUT2D eigenvalue weighted by Gasteiger charge is 2.46. The second kappa shape index (κ2) is 5.16. The SMILES string of the molecule is CC(C)NC1(C(=O)O)CCC(n2cc(I)cn2)C1. The van der Waals surface area contributed by atoms with Gasteiger partial charge in [-0.2, -0.15) is 5.10 Å². The van der Waals surface area contributed by atoms with E-state index >= 15 is 0 Å². The molecule has 0 aromatic carbocycles. The van der Waals surface area contributed by atoms with Crippen molar-refractivity contribution in [2.24, 2.45) is 0 Å². The van der Waals surface area contributed by atoms with Crippen molar-refractivity contribution in [3.63, 3.8) is 0 Å². The molecule has 2 atom stereocenters. The van der Waals surface area contributed by atoms with Gasteiger partial charge in [-0.1, -0.05) is 0 Å². The van der Waals surface area contributed by atoms with E-state index in [1.54, 1.807) is 6.20 Å². The highest BCUT2D eigenvalue weighted by molar-refractivity contribution is 14.1. The Bertz CT molecular complexity index is 446. The lowest BCUT2D eigenvalue weighted by Gasteiger charge is -2.28. The Labute approximate surface area is 120 Å². The standard InChI is InChI=1S/C12H18IN3O2/c1-8(2)15-12(11(17)18)4-3-10(5-12)16-7-9(13)6-14-16/h6-8,10,15H,3-5H2,1-2H3,(H,17,18). The first kappa shape index (κ1) is 13.8. The van der Waals surface area contributed by atoms with Crippen LogP contribution in [0.25, 0.3) is 0 Å². The fourth-order valence-corrected chi connectivity index (χ4v) is 3.11. The van der Waals surface area contributed by atoms with Crippen LogP contribution in [0.4, 0.5) is 0 Å². The van der Waals surface area contributed by atoms with E-state index < -0.39 is 11.5 Å². The van der Waals surface area contributed by atoms with Crippen LogP contribution in [-0.4, -0.2) is 32.4 Å². The molecule has 6 heteroatoms. The monoisotopic (exact) mass is 363 g/mol. The fraction of sp³-hybridized carbons (Fsp3) is 0.667. The van der Waals surface area contributed by atoms with E-state index in [1.807, 2.05) is 24.7 Å². The summed E-state index contributed by atoms with van der Waals surface area (Å²) in [6.45, 7) is 3.96. The predicted molar refractivity (Wildman–Crippen MR) is 76.5 cm³/mol. The van der Waals surface area contributed by atoms with Crippen LogP contribution in [0.3, 0.4) is 0 Å². The maximum Gasteiger partial charge on any atom is 0.323 e. The maximum absolute atomic E-state index is 11.5. The van der Waals surface area contributed by atoms with Crippen LogP contribution < -0.4 is 5.32 Å². The number of rotatable bonds is 4. The molecule has 0 spiro atoms. The minimum Gasteiger partial charge on any atom is -0.480 e. The summed E-state index contributed by atoms with van der Waals surface area (Å²) in [5.74, 6) is -0.749. The molecule has 1 aliphatic rings. The number of halogens is 1. The number of aromatic nitrogens is 2. The van der Waals surface area contributed by atoms with E-state index in [9.17, 15) is 9.90 Å². The number of hydrogen-bond acceptors (Lipinski definition) is 3. The fourth-order valence-electron chi connectivity index (χ4n) is 2.70. The number of carboxylic acid groups (broad SMARTS) is 1. The van der Waals surface area contributed by atoms with Crippen LogP contribution in [0, 0.1) is 3.57 Å². The molecule has 2 rings (SSSR count). The van der Waals surface area contributed by atoms with Gasteiger partial charge in [0.15, 0.2) is 0 Å². The van der Waals surface area contributed by atoms with Gasteiger partial charge in [0.05, 0.1) is 15.8 Å². The Morgan fingerprint density at radius 2 is 2.44 bits per heavy atom. The normalized spacial score (nSPS) is 27.9. The van der Waals surface area contributed by atoms with Gasteiger partial charge in [-0.15, -0.1) is 0 Å². The van der Waals surface area contributed by atoms with Crippen LogP contribution in [-0.2, 0) is 4.79 Å². The molecule has 1 saturated carbocycles. The lowest BCUT2D eigenvalue weighted by Crippen LogP contribution is -2.53. The molecule has 1 aromatic rings. The highest BCUT2D eigenvalue weighted by atomic mass is 127. The Hall–Kier alpha value is -0.630. The Balaban J connectivity index is 2.15. The summed E-state index contributed by atoms with van der Waals surface area (Å²) in [7, 11) is 0. The second-order valence-corrected chi connectivity index (χ2v) is 6.47. The lowest BCUT2D eigenvalue weighted by molar-refractivity contribution is -0.145. The smallest absolute Gasteiger partial charge is 0.323 e. The molecule has 2 N–H and O–H groups in total. The maximum atomic E-state index is 11.5. The average Bonchev–Trinajstić information content (AvgIpc) is 2.84. The third-order valence-electron chi connectivity index (χ3n) is 3.41. The molecule has 1 aliphatic carbocycles. The topological polar surface area (TPSA) is 67.2 Å². The molecule has 0 amide bonds. The van der Waals surface area contributed by atoms with Gasteiger partial charge in [0.1, 0.15) is 5.54 Å². The van der Waals surface area contributed by atoms with Gasteiger partial charge in [0.2, 0.25) is 0 Å². The van der Waals surface area contributed by atoms with Crippen molar-refractivity contribution in [3.8, 4) is 0 Å². The Morgan fingerprint density at radius 3 is 2.94 bits per heavy atom. The summed E-state index contributed by atoms with van der Waals surface area (Å²) >= 11 is 2.21. The van der Waals surface area contributed by atoms with Crippen molar-refractivity contribution in [3.05, 3.63) is 16.0 Å². The van der Waals surface area contributed by atoms with Crippen molar-refractivity contribution in [2.75, 3.05) is 0 Å². The van der Waals surface area contributed by atoms with Crippen LogP contribution >= 0.6 is 22.6 Å². The summed E-state index contributed by atoms with van der Waals surface area (Å²) in [5, 5.41) is 17.0. The molecule has 1 aromatic heterocycles. The summed E-state index contributed by atoms with van der Waals surface area (Å²) < 4.78 is 2.98. The van der Waals surface area contributed by atoms with Gasteiger partial charge < -0.3 is 5.11 Å². The number of nitrogens with zero attached hydrogens (tertiary/aromatic N) is 2. The first-order valence-electron chi connectivity index (χ1n) is 6.14. The van der Waals surface area contributed by atoms with E-state index in [0.717, 1.165) is 9.99 Å². The number of carboxylic acids is 1. The molecule has 0 bridgehead atoms. The molecule has 1 fully saturated rings. The van der Waals surface area contributed by atoms with E-state index in [2.05, 4.69) is 33.0 Å². The minimum atomic E-state index is -0.795. The lowest BCUT2D eigenvalue weighted by atomic mass is 9.96. The number of nitrogens with one attached hydrogen (secondary N) is 1. The zero-order valence-corrected chi connectivity index (χ0v) is 12.7. The summed E-state index contributed by atoms with van der Waals surface area (Å²) in [6, 6.07) is 0.341. The van der Waals surface area contributed by atoms with Crippen molar-refractivity contribution < 1.29 is 9.90 Å². The molecule has 2 unspecified atom stereocenters.